The van der Waals surface area contributed by atoms with E-state index in [9.17, 15) is 4.79 Å². The molecule has 7 heteroatoms. The molecular formula is C23H40IN5O. The third-order valence-electron chi connectivity index (χ3n) is 4.79. The largest absolute Gasteiger partial charge is 0.357 e. The maximum Gasteiger partial charge on any atom is 0.239 e. The van der Waals surface area contributed by atoms with Crippen molar-refractivity contribution in [2.24, 2.45) is 4.99 Å². The number of hydrogen-bond acceptors (Lipinski definition) is 3. The van der Waals surface area contributed by atoms with Crippen LogP contribution in [0.3, 0.4) is 0 Å². The second kappa shape index (κ2) is 13.9. The third kappa shape index (κ3) is 11.2. The quantitative estimate of drug-likeness (QED) is 0.287. The molecule has 1 heterocycles. The van der Waals surface area contributed by atoms with Crippen LogP contribution in [0.1, 0.15) is 64.5 Å². The van der Waals surface area contributed by atoms with Crippen molar-refractivity contribution in [2.45, 2.75) is 72.0 Å². The summed E-state index contributed by atoms with van der Waals surface area (Å²) in [4.78, 5) is 19.3. The van der Waals surface area contributed by atoms with Crippen molar-refractivity contribution >= 4 is 35.8 Å². The average molecular weight is 530 g/mol. The molecule has 0 unspecified atom stereocenters. The lowest BCUT2D eigenvalue weighted by Crippen LogP contribution is -2.48. The van der Waals surface area contributed by atoms with Crippen LogP contribution in [-0.4, -0.2) is 48.5 Å². The zero-order valence-corrected chi connectivity index (χ0v) is 21.4. The first kappa shape index (κ1) is 26.7. The molecule has 1 saturated heterocycles. The second-order valence-electron chi connectivity index (χ2n) is 8.86. The monoisotopic (exact) mass is 529 g/mol. The molecule has 1 aliphatic rings. The van der Waals surface area contributed by atoms with Gasteiger partial charge in [0.05, 0.1) is 13.1 Å². The summed E-state index contributed by atoms with van der Waals surface area (Å²) >= 11 is 0. The Morgan fingerprint density at radius 3 is 2.37 bits per heavy atom. The Morgan fingerprint density at radius 2 is 1.73 bits per heavy atom. The number of hydrogen-bond donors (Lipinski definition) is 3. The molecular weight excluding hydrogens is 489 g/mol. The number of benzene rings is 1. The van der Waals surface area contributed by atoms with Crippen LogP contribution < -0.4 is 16.0 Å². The number of halogens is 1. The van der Waals surface area contributed by atoms with Crippen molar-refractivity contribution in [2.75, 3.05) is 26.2 Å². The normalized spacial score (nSPS) is 15.7. The minimum Gasteiger partial charge on any atom is -0.357 e. The first-order chi connectivity index (χ1) is 13.9. The summed E-state index contributed by atoms with van der Waals surface area (Å²) in [6.45, 7) is 12.9. The highest BCUT2D eigenvalue weighted by Gasteiger charge is 2.14. The maximum absolute atomic E-state index is 12.0. The number of nitrogens with zero attached hydrogens (tertiary/aromatic N) is 2. The summed E-state index contributed by atoms with van der Waals surface area (Å²) in [6, 6.07) is 8.70. The number of aliphatic imine (C=N–C) groups is 1. The minimum atomic E-state index is -0.234. The Morgan fingerprint density at radius 1 is 1.07 bits per heavy atom. The molecule has 30 heavy (non-hydrogen) atoms. The summed E-state index contributed by atoms with van der Waals surface area (Å²) in [5.41, 5.74) is 2.30. The fourth-order valence-electron chi connectivity index (χ4n) is 3.52. The van der Waals surface area contributed by atoms with Gasteiger partial charge in [0, 0.05) is 18.6 Å². The zero-order chi connectivity index (χ0) is 21.1. The number of guanidine groups is 1. The van der Waals surface area contributed by atoms with E-state index in [1.54, 1.807) is 0 Å². The fraction of sp³-hybridized carbons (Fsp3) is 0.652. The van der Waals surface area contributed by atoms with Gasteiger partial charge in [-0.05, 0) is 64.8 Å². The molecule has 1 amide bonds. The highest BCUT2D eigenvalue weighted by atomic mass is 127. The van der Waals surface area contributed by atoms with Gasteiger partial charge < -0.3 is 16.0 Å². The highest BCUT2D eigenvalue weighted by Crippen LogP contribution is 2.14. The Labute approximate surface area is 199 Å². The van der Waals surface area contributed by atoms with Crippen molar-refractivity contribution in [3.05, 3.63) is 35.4 Å². The van der Waals surface area contributed by atoms with Gasteiger partial charge in [0.15, 0.2) is 5.96 Å². The predicted octanol–water partition coefficient (Wildman–Crippen LogP) is 3.65. The van der Waals surface area contributed by atoms with Crippen molar-refractivity contribution in [3.8, 4) is 0 Å². The van der Waals surface area contributed by atoms with Crippen LogP contribution >= 0.6 is 24.0 Å². The number of carbonyl (C=O) groups excluding carboxylic acids is 1. The van der Waals surface area contributed by atoms with Crippen LogP contribution in [0.15, 0.2) is 29.3 Å². The lowest BCUT2D eigenvalue weighted by atomic mass is 10.1. The summed E-state index contributed by atoms with van der Waals surface area (Å²) in [6.07, 6.45) is 5.34. The van der Waals surface area contributed by atoms with Crippen LogP contribution in [-0.2, 0) is 17.9 Å². The Bertz CT molecular complexity index is 664. The highest BCUT2D eigenvalue weighted by molar-refractivity contribution is 14.0. The first-order valence-electron chi connectivity index (χ1n) is 11.0. The lowest BCUT2D eigenvalue weighted by molar-refractivity contribution is -0.121. The molecule has 0 radical (unpaired) electrons. The molecule has 2 rings (SSSR count). The standard InChI is InChI=1S/C23H39N5O.HI/c1-5-24-22(26-17-21(29)27-23(2,3)4)25-16-19-11-10-12-20(15-19)18-28-13-8-6-7-9-14-28;/h10-12,15H,5-9,13-14,16-18H2,1-4H3,(H,27,29)(H2,24,25,26);1H. The Balaban J connectivity index is 0.00000450. The van der Waals surface area contributed by atoms with E-state index in [1.807, 2.05) is 27.7 Å². The van der Waals surface area contributed by atoms with Gasteiger partial charge >= 0.3 is 0 Å². The van der Waals surface area contributed by atoms with Gasteiger partial charge in [0.25, 0.3) is 0 Å². The smallest absolute Gasteiger partial charge is 0.239 e. The maximum atomic E-state index is 12.0. The first-order valence-corrected chi connectivity index (χ1v) is 11.0. The van der Waals surface area contributed by atoms with Gasteiger partial charge in [0.1, 0.15) is 0 Å². The van der Waals surface area contributed by atoms with E-state index in [0.29, 0.717) is 12.5 Å². The zero-order valence-electron chi connectivity index (χ0n) is 19.1. The van der Waals surface area contributed by atoms with Crippen LogP contribution in [0.25, 0.3) is 0 Å². The lowest BCUT2D eigenvalue weighted by Gasteiger charge is -2.21. The molecule has 0 aromatic heterocycles. The molecule has 0 atom stereocenters. The van der Waals surface area contributed by atoms with Gasteiger partial charge in [-0.2, -0.15) is 0 Å². The van der Waals surface area contributed by atoms with Gasteiger partial charge in [-0.25, -0.2) is 4.99 Å². The number of likely N-dealkylation sites (tertiary alicyclic amines) is 1. The molecule has 1 aromatic carbocycles. The van der Waals surface area contributed by atoms with Crippen LogP contribution in [0, 0.1) is 0 Å². The fourth-order valence-corrected chi connectivity index (χ4v) is 3.52. The van der Waals surface area contributed by atoms with E-state index in [1.165, 1.54) is 49.9 Å². The van der Waals surface area contributed by atoms with E-state index in [-0.39, 0.29) is 42.0 Å². The van der Waals surface area contributed by atoms with Crippen molar-refractivity contribution in [3.63, 3.8) is 0 Å². The Kier molecular flexibility index (Phi) is 12.3. The molecule has 1 aromatic rings. The predicted molar refractivity (Wildman–Crippen MR) is 136 cm³/mol. The van der Waals surface area contributed by atoms with E-state index in [0.717, 1.165) is 13.1 Å². The molecule has 0 bridgehead atoms. The topological polar surface area (TPSA) is 68.8 Å². The molecule has 6 nitrogen and oxygen atoms in total. The van der Waals surface area contributed by atoms with Crippen LogP contribution in [0.4, 0.5) is 0 Å². The van der Waals surface area contributed by atoms with Crippen molar-refractivity contribution < 1.29 is 4.79 Å². The van der Waals surface area contributed by atoms with E-state index < -0.39 is 0 Å². The number of nitrogens with one attached hydrogen (secondary N) is 3. The van der Waals surface area contributed by atoms with Gasteiger partial charge in [0.2, 0.25) is 5.91 Å². The van der Waals surface area contributed by atoms with E-state index in [2.05, 4.69) is 50.1 Å². The third-order valence-corrected chi connectivity index (χ3v) is 4.79. The summed E-state index contributed by atoms with van der Waals surface area (Å²) in [5.74, 6) is 0.622. The van der Waals surface area contributed by atoms with E-state index >= 15 is 0 Å². The Hall–Kier alpha value is -1.35. The van der Waals surface area contributed by atoms with Crippen LogP contribution in [0.2, 0.25) is 0 Å². The van der Waals surface area contributed by atoms with Crippen LogP contribution in [0.5, 0.6) is 0 Å². The molecule has 170 valence electrons. The number of rotatable bonds is 7. The second-order valence-corrected chi connectivity index (χ2v) is 8.86. The molecule has 1 aliphatic heterocycles. The molecule has 0 aliphatic carbocycles. The summed E-state index contributed by atoms with van der Waals surface area (Å²) < 4.78 is 0. The van der Waals surface area contributed by atoms with E-state index in [4.69, 9.17) is 0 Å². The molecule has 0 spiro atoms. The number of amides is 1. The summed E-state index contributed by atoms with van der Waals surface area (Å²) in [5, 5.41) is 9.28. The van der Waals surface area contributed by atoms with Crippen molar-refractivity contribution in [1.29, 1.82) is 0 Å². The average Bonchev–Trinajstić information content (AvgIpc) is 2.91. The molecule has 3 N–H and O–H groups in total. The van der Waals surface area contributed by atoms with Gasteiger partial charge in [-0.3, -0.25) is 9.69 Å². The van der Waals surface area contributed by atoms with Gasteiger partial charge in [-0.15, -0.1) is 24.0 Å². The molecule has 1 fully saturated rings. The summed E-state index contributed by atoms with van der Waals surface area (Å²) in [7, 11) is 0. The number of carbonyl (C=O) groups is 1. The minimum absolute atomic E-state index is 0. The molecule has 0 saturated carbocycles. The van der Waals surface area contributed by atoms with Crippen molar-refractivity contribution in [1.82, 2.24) is 20.9 Å². The van der Waals surface area contributed by atoms with Gasteiger partial charge in [-0.1, -0.05) is 37.1 Å². The SMILES string of the molecule is CCNC(=NCc1cccc(CN2CCCCCC2)c1)NCC(=O)NC(C)(C)C.I.